The second-order valence-corrected chi connectivity index (χ2v) is 9.37. The summed E-state index contributed by atoms with van der Waals surface area (Å²) in [5.41, 5.74) is 2.52. The van der Waals surface area contributed by atoms with Gasteiger partial charge in [0.1, 0.15) is 6.04 Å². The number of hydrogen-bond acceptors (Lipinski definition) is 4. The molecule has 0 bridgehead atoms. The van der Waals surface area contributed by atoms with E-state index in [0.717, 1.165) is 36.1 Å². The maximum Gasteiger partial charge on any atom is 0.244 e. The van der Waals surface area contributed by atoms with Crippen LogP contribution in [0.2, 0.25) is 0 Å². The number of amides is 1. The van der Waals surface area contributed by atoms with Gasteiger partial charge in [-0.2, -0.15) is 4.31 Å². The molecule has 2 aliphatic heterocycles. The summed E-state index contributed by atoms with van der Waals surface area (Å²) in [5, 5.41) is 6.29. The predicted octanol–water partition coefficient (Wildman–Crippen LogP) is 2.05. The topological polar surface area (TPSA) is 78.5 Å². The molecule has 1 aromatic rings. The number of hydrogen-bond donors (Lipinski definition) is 2. The van der Waals surface area contributed by atoms with Gasteiger partial charge in [0.15, 0.2) is 0 Å². The van der Waals surface area contributed by atoms with Crippen LogP contribution in [-0.2, 0) is 14.8 Å². The van der Waals surface area contributed by atoms with E-state index in [1.165, 1.54) is 4.31 Å². The lowest BCUT2D eigenvalue weighted by atomic mass is 10.1. The summed E-state index contributed by atoms with van der Waals surface area (Å²) in [7, 11) is -3.69. The van der Waals surface area contributed by atoms with E-state index in [9.17, 15) is 13.2 Å². The molecule has 2 unspecified atom stereocenters. The maximum absolute atomic E-state index is 13.3. The van der Waals surface area contributed by atoms with Crippen molar-refractivity contribution < 1.29 is 13.2 Å². The van der Waals surface area contributed by atoms with Gasteiger partial charge in [0.25, 0.3) is 0 Å². The quantitative estimate of drug-likeness (QED) is 0.771. The lowest BCUT2D eigenvalue weighted by molar-refractivity contribution is -0.124. The molecule has 2 saturated heterocycles. The SMILES string of the molecule is Cc1cc(C)c(S(=O)(=O)N2CCCC2C(=O)NCC2CCCN2)c(C)c1.Cl. The van der Waals surface area contributed by atoms with Crippen LogP contribution in [0.25, 0.3) is 0 Å². The van der Waals surface area contributed by atoms with Gasteiger partial charge < -0.3 is 10.6 Å². The molecule has 2 heterocycles. The van der Waals surface area contributed by atoms with Crippen molar-refractivity contribution in [2.75, 3.05) is 19.6 Å². The molecule has 8 heteroatoms. The van der Waals surface area contributed by atoms with Gasteiger partial charge in [0.2, 0.25) is 15.9 Å². The molecule has 0 aromatic heterocycles. The minimum atomic E-state index is -3.69. The smallest absolute Gasteiger partial charge is 0.244 e. The number of rotatable bonds is 5. The van der Waals surface area contributed by atoms with Gasteiger partial charge in [-0.15, -0.1) is 12.4 Å². The minimum absolute atomic E-state index is 0. The molecular weight excluding hydrogens is 386 g/mol. The van der Waals surface area contributed by atoms with E-state index in [-0.39, 0.29) is 18.3 Å². The Hall–Kier alpha value is -1.15. The summed E-state index contributed by atoms with van der Waals surface area (Å²) in [6.07, 6.45) is 3.46. The molecule has 0 spiro atoms. The summed E-state index contributed by atoms with van der Waals surface area (Å²) < 4.78 is 28.0. The van der Waals surface area contributed by atoms with Gasteiger partial charge in [-0.1, -0.05) is 17.7 Å². The van der Waals surface area contributed by atoms with Crippen LogP contribution in [0.5, 0.6) is 0 Å². The average Bonchev–Trinajstić information content (AvgIpc) is 3.23. The summed E-state index contributed by atoms with van der Waals surface area (Å²) in [6.45, 7) is 7.55. The summed E-state index contributed by atoms with van der Waals surface area (Å²) in [6, 6.07) is 3.46. The van der Waals surface area contributed by atoms with Gasteiger partial charge in [0.05, 0.1) is 4.90 Å². The third-order valence-electron chi connectivity index (χ3n) is 5.36. The van der Waals surface area contributed by atoms with E-state index in [0.29, 0.717) is 36.9 Å². The predicted molar refractivity (Wildman–Crippen MR) is 109 cm³/mol. The first-order chi connectivity index (χ1) is 12.3. The Morgan fingerprint density at radius 1 is 1.19 bits per heavy atom. The zero-order chi connectivity index (χ0) is 18.9. The Morgan fingerprint density at radius 2 is 1.85 bits per heavy atom. The Balaban J connectivity index is 0.00000261. The molecule has 3 rings (SSSR count). The summed E-state index contributed by atoms with van der Waals surface area (Å²) in [5.74, 6) is -0.179. The van der Waals surface area contributed by atoms with Crippen LogP contribution in [0, 0.1) is 20.8 Å². The van der Waals surface area contributed by atoms with Crippen LogP contribution < -0.4 is 10.6 Å². The van der Waals surface area contributed by atoms with Crippen LogP contribution in [0.1, 0.15) is 42.4 Å². The average molecular weight is 416 g/mol. The van der Waals surface area contributed by atoms with Crippen molar-refractivity contribution in [2.24, 2.45) is 0 Å². The normalized spacial score (nSPS) is 23.2. The number of carbonyl (C=O) groups excluding carboxylic acids is 1. The summed E-state index contributed by atoms with van der Waals surface area (Å²) >= 11 is 0. The number of nitrogens with zero attached hydrogens (tertiary/aromatic N) is 1. The van der Waals surface area contributed by atoms with Gasteiger partial charge in [0, 0.05) is 19.1 Å². The van der Waals surface area contributed by atoms with Crippen molar-refractivity contribution in [1.29, 1.82) is 0 Å². The standard InChI is InChI=1S/C19H29N3O3S.ClH/c1-13-10-14(2)18(15(3)11-13)26(24,25)22-9-5-7-17(22)19(23)21-12-16-6-4-8-20-16;/h10-11,16-17,20H,4-9,12H2,1-3H3,(H,21,23);1H. The van der Waals surface area contributed by atoms with E-state index in [1.54, 1.807) is 0 Å². The molecule has 0 aliphatic carbocycles. The fraction of sp³-hybridized carbons (Fsp3) is 0.632. The van der Waals surface area contributed by atoms with Crippen LogP contribution in [0.15, 0.2) is 17.0 Å². The molecule has 2 aliphatic rings. The number of halogens is 1. The Kier molecular flexibility index (Phi) is 7.30. The van der Waals surface area contributed by atoms with Gasteiger partial charge >= 0.3 is 0 Å². The van der Waals surface area contributed by atoms with Crippen molar-refractivity contribution in [2.45, 2.75) is 63.4 Å². The van der Waals surface area contributed by atoms with Crippen LogP contribution in [0.4, 0.5) is 0 Å². The van der Waals surface area contributed by atoms with Crippen LogP contribution >= 0.6 is 12.4 Å². The molecule has 0 radical (unpaired) electrons. The fourth-order valence-electron chi connectivity index (χ4n) is 4.25. The molecule has 1 aromatic carbocycles. The fourth-order valence-corrected chi connectivity index (χ4v) is 6.33. The van der Waals surface area contributed by atoms with E-state index in [2.05, 4.69) is 10.6 Å². The first-order valence-electron chi connectivity index (χ1n) is 9.41. The lowest BCUT2D eigenvalue weighted by Gasteiger charge is -2.25. The maximum atomic E-state index is 13.3. The number of nitrogens with one attached hydrogen (secondary N) is 2. The van der Waals surface area contributed by atoms with Crippen LogP contribution in [-0.4, -0.2) is 50.3 Å². The first-order valence-corrected chi connectivity index (χ1v) is 10.9. The molecule has 2 N–H and O–H groups in total. The number of sulfonamides is 1. The third-order valence-corrected chi connectivity index (χ3v) is 7.58. The zero-order valence-corrected chi connectivity index (χ0v) is 17.9. The van der Waals surface area contributed by atoms with Gasteiger partial charge in [-0.25, -0.2) is 8.42 Å². The van der Waals surface area contributed by atoms with Crippen molar-refractivity contribution >= 4 is 28.3 Å². The first kappa shape index (κ1) is 22.1. The molecule has 6 nitrogen and oxygen atoms in total. The second-order valence-electron chi connectivity index (χ2n) is 7.54. The van der Waals surface area contributed by atoms with E-state index in [1.807, 2.05) is 32.9 Å². The molecule has 0 saturated carbocycles. The second kappa shape index (κ2) is 8.90. The highest BCUT2D eigenvalue weighted by molar-refractivity contribution is 7.89. The van der Waals surface area contributed by atoms with Crippen molar-refractivity contribution in [3.05, 3.63) is 28.8 Å². The number of aryl methyl sites for hydroxylation is 3. The van der Waals surface area contributed by atoms with Crippen molar-refractivity contribution in [3.63, 3.8) is 0 Å². The lowest BCUT2D eigenvalue weighted by Crippen LogP contribution is -2.48. The highest BCUT2D eigenvalue weighted by atomic mass is 35.5. The molecular formula is C19H30ClN3O3S. The molecule has 2 fully saturated rings. The zero-order valence-electron chi connectivity index (χ0n) is 16.2. The third kappa shape index (κ3) is 4.65. The van der Waals surface area contributed by atoms with Gasteiger partial charge in [-0.05, 0) is 64.1 Å². The van der Waals surface area contributed by atoms with E-state index < -0.39 is 16.1 Å². The Morgan fingerprint density at radius 3 is 2.44 bits per heavy atom. The number of carbonyl (C=O) groups is 1. The minimum Gasteiger partial charge on any atom is -0.353 e. The van der Waals surface area contributed by atoms with E-state index >= 15 is 0 Å². The van der Waals surface area contributed by atoms with Gasteiger partial charge in [-0.3, -0.25) is 4.79 Å². The van der Waals surface area contributed by atoms with Crippen LogP contribution in [0.3, 0.4) is 0 Å². The Labute approximate surface area is 168 Å². The number of benzene rings is 1. The highest BCUT2D eigenvalue weighted by Crippen LogP contribution is 2.30. The molecule has 27 heavy (non-hydrogen) atoms. The largest absolute Gasteiger partial charge is 0.353 e. The van der Waals surface area contributed by atoms with Crippen molar-refractivity contribution in [1.82, 2.24) is 14.9 Å². The molecule has 152 valence electrons. The van der Waals surface area contributed by atoms with E-state index in [4.69, 9.17) is 0 Å². The monoisotopic (exact) mass is 415 g/mol. The highest BCUT2D eigenvalue weighted by Gasteiger charge is 2.40. The molecule has 1 amide bonds. The van der Waals surface area contributed by atoms with Crippen molar-refractivity contribution in [3.8, 4) is 0 Å². The Bertz CT molecular complexity index is 768. The molecule has 2 atom stereocenters. The summed E-state index contributed by atoms with van der Waals surface area (Å²) in [4.78, 5) is 13.0.